The van der Waals surface area contributed by atoms with Crippen LogP contribution in [0.25, 0.3) is 11.2 Å². The molecule has 9 nitrogen and oxygen atoms in total. The number of piperazine rings is 1. The van der Waals surface area contributed by atoms with Gasteiger partial charge in [-0.1, -0.05) is 35.5 Å². The topological polar surface area (TPSA) is 89.3 Å². The lowest BCUT2D eigenvalue weighted by molar-refractivity contribution is 0.0941. The van der Waals surface area contributed by atoms with Gasteiger partial charge < -0.3 is 14.5 Å². The van der Waals surface area contributed by atoms with Gasteiger partial charge in [0.05, 0.1) is 0 Å². The van der Waals surface area contributed by atoms with Crippen molar-refractivity contribution in [2.45, 2.75) is 6.61 Å². The van der Waals surface area contributed by atoms with E-state index in [4.69, 9.17) is 4.74 Å². The molecule has 134 valence electrons. The van der Waals surface area contributed by atoms with Gasteiger partial charge in [0.2, 0.25) is 0 Å². The van der Waals surface area contributed by atoms with Crippen molar-refractivity contribution in [3.05, 3.63) is 42.2 Å². The van der Waals surface area contributed by atoms with Crippen molar-refractivity contribution < 1.29 is 9.53 Å². The number of nitrogens with zero attached hydrogens (tertiary/aromatic N) is 7. The van der Waals surface area contributed by atoms with Crippen LogP contribution in [0.2, 0.25) is 0 Å². The Morgan fingerprint density at radius 2 is 1.88 bits per heavy atom. The Morgan fingerprint density at radius 3 is 2.65 bits per heavy atom. The lowest BCUT2D eigenvalue weighted by Gasteiger charge is -2.34. The van der Waals surface area contributed by atoms with Gasteiger partial charge in [-0.05, 0) is 5.56 Å². The highest BCUT2D eigenvalue weighted by Gasteiger charge is 2.25. The first-order valence-electron chi connectivity index (χ1n) is 8.43. The van der Waals surface area contributed by atoms with Gasteiger partial charge in [-0.15, -0.1) is 5.10 Å². The minimum absolute atomic E-state index is 0.284. The number of hydrogen-bond acceptors (Lipinski definition) is 7. The van der Waals surface area contributed by atoms with Crippen molar-refractivity contribution in [1.82, 2.24) is 29.9 Å². The second-order valence-corrected chi connectivity index (χ2v) is 6.10. The Bertz CT molecular complexity index is 904. The fourth-order valence-electron chi connectivity index (χ4n) is 2.98. The average Bonchev–Trinajstić information content (AvgIpc) is 3.08. The molecule has 9 heteroatoms. The number of ether oxygens (including phenoxy) is 1. The summed E-state index contributed by atoms with van der Waals surface area (Å²) in [4.78, 5) is 24.6. The maximum Gasteiger partial charge on any atom is 0.410 e. The van der Waals surface area contributed by atoms with Crippen molar-refractivity contribution >= 4 is 23.1 Å². The van der Waals surface area contributed by atoms with Gasteiger partial charge in [-0.3, -0.25) is 0 Å². The van der Waals surface area contributed by atoms with Crippen LogP contribution >= 0.6 is 0 Å². The van der Waals surface area contributed by atoms with E-state index in [1.807, 2.05) is 30.3 Å². The van der Waals surface area contributed by atoms with Crippen LogP contribution in [0.3, 0.4) is 0 Å². The predicted octanol–water partition coefficient (Wildman–Crippen LogP) is 1.22. The highest BCUT2D eigenvalue weighted by Crippen LogP contribution is 2.21. The van der Waals surface area contributed by atoms with Crippen LogP contribution in [-0.4, -0.2) is 62.1 Å². The van der Waals surface area contributed by atoms with Gasteiger partial charge >= 0.3 is 6.09 Å². The van der Waals surface area contributed by atoms with Crippen LogP contribution in [0.4, 0.5) is 10.6 Å². The Balaban J connectivity index is 1.37. The molecule has 3 aromatic rings. The van der Waals surface area contributed by atoms with Crippen molar-refractivity contribution in [3.8, 4) is 0 Å². The van der Waals surface area contributed by atoms with E-state index >= 15 is 0 Å². The fourth-order valence-corrected chi connectivity index (χ4v) is 2.98. The summed E-state index contributed by atoms with van der Waals surface area (Å²) >= 11 is 0. The highest BCUT2D eigenvalue weighted by molar-refractivity contribution is 5.82. The van der Waals surface area contributed by atoms with Crippen LogP contribution in [0.15, 0.2) is 36.7 Å². The molecule has 0 atom stereocenters. The molecule has 1 aliphatic heterocycles. The third-order valence-electron chi connectivity index (χ3n) is 4.41. The van der Waals surface area contributed by atoms with Gasteiger partial charge in [0.25, 0.3) is 0 Å². The molecule has 0 radical (unpaired) electrons. The summed E-state index contributed by atoms with van der Waals surface area (Å²) < 4.78 is 7.02. The van der Waals surface area contributed by atoms with Crippen LogP contribution in [0, 0.1) is 0 Å². The summed E-state index contributed by atoms with van der Waals surface area (Å²) in [6, 6.07) is 9.67. The Labute approximate surface area is 150 Å². The predicted molar refractivity (Wildman–Crippen MR) is 94.5 cm³/mol. The van der Waals surface area contributed by atoms with E-state index in [9.17, 15) is 4.79 Å². The summed E-state index contributed by atoms with van der Waals surface area (Å²) in [5, 5.41) is 8.15. The molecule has 1 aromatic carbocycles. The molecule has 0 bridgehead atoms. The number of hydrogen-bond donors (Lipinski definition) is 0. The standard InChI is InChI=1S/C17H19N7O2/c1-22-15-14(20-21-22)16(19-12-18-15)23-7-9-24(10-8-23)17(25)26-11-13-5-3-2-4-6-13/h2-6,12H,7-11H2,1H3. The van der Waals surface area contributed by atoms with Gasteiger partial charge in [-0.2, -0.15) is 0 Å². The molecule has 4 rings (SSSR count). The van der Waals surface area contributed by atoms with E-state index in [1.54, 1.807) is 16.6 Å². The molecular formula is C17H19N7O2. The van der Waals surface area contributed by atoms with Gasteiger partial charge in [0, 0.05) is 33.2 Å². The maximum absolute atomic E-state index is 12.3. The number of fused-ring (bicyclic) bond motifs is 1. The second-order valence-electron chi connectivity index (χ2n) is 6.10. The lowest BCUT2D eigenvalue weighted by Crippen LogP contribution is -2.49. The fraction of sp³-hybridized carbons (Fsp3) is 0.353. The largest absolute Gasteiger partial charge is 0.445 e. The number of rotatable bonds is 3. The highest BCUT2D eigenvalue weighted by atomic mass is 16.6. The van der Waals surface area contributed by atoms with Gasteiger partial charge in [0.15, 0.2) is 17.0 Å². The van der Waals surface area contributed by atoms with E-state index in [0.717, 1.165) is 11.4 Å². The number of aromatic nitrogens is 5. The molecule has 2 aromatic heterocycles. The van der Waals surface area contributed by atoms with E-state index in [-0.39, 0.29) is 12.7 Å². The van der Waals surface area contributed by atoms with Crippen molar-refractivity contribution in [1.29, 1.82) is 0 Å². The van der Waals surface area contributed by atoms with Crippen molar-refractivity contribution in [2.24, 2.45) is 7.05 Å². The molecule has 26 heavy (non-hydrogen) atoms. The maximum atomic E-state index is 12.3. The lowest BCUT2D eigenvalue weighted by atomic mass is 10.2. The zero-order chi connectivity index (χ0) is 17.9. The number of aryl methyl sites for hydroxylation is 1. The average molecular weight is 353 g/mol. The van der Waals surface area contributed by atoms with Gasteiger partial charge in [0.1, 0.15) is 12.9 Å². The number of carbonyl (C=O) groups is 1. The third kappa shape index (κ3) is 3.15. The molecule has 0 spiro atoms. The van der Waals surface area contributed by atoms with Crippen molar-refractivity contribution in [3.63, 3.8) is 0 Å². The summed E-state index contributed by atoms with van der Waals surface area (Å²) in [6.45, 7) is 2.73. The van der Waals surface area contributed by atoms with Crippen LogP contribution < -0.4 is 4.90 Å². The minimum Gasteiger partial charge on any atom is -0.445 e. The molecule has 0 aliphatic carbocycles. The zero-order valence-corrected chi connectivity index (χ0v) is 14.4. The molecule has 1 aliphatic rings. The van der Waals surface area contributed by atoms with E-state index in [1.165, 1.54) is 6.33 Å². The normalized spacial score (nSPS) is 14.7. The molecule has 1 amide bonds. The zero-order valence-electron chi connectivity index (χ0n) is 14.4. The van der Waals surface area contributed by atoms with Crippen LogP contribution in [0.5, 0.6) is 0 Å². The summed E-state index contributed by atoms with van der Waals surface area (Å²) in [7, 11) is 1.80. The first kappa shape index (κ1) is 16.2. The van der Waals surface area contributed by atoms with Crippen molar-refractivity contribution in [2.75, 3.05) is 31.1 Å². The summed E-state index contributed by atoms with van der Waals surface area (Å²) in [5.41, 5.74) is 2.35. The number of amides is 1. The van der Waals surface area contributed by atoms with E-state index in [2.05, 4.69) is 25.2 Å². The van der Waals surface area contributed by atoms with E-state index in [0.29, 0.717) is 37.3 Å². The first-order valence-corrected chi connectivity index (χ1v) is 8.43. The molecular weight excluding hydrogens is 334 g/mol. The molecule has 1 fully saturated rings. The van der Waals surface area contributed by atoms with Crippen LogP contribution in [-0.2, 0) is 18.4 Å². The SMILES string of the molecule is Cn1nnc2c(N3CCN(C(=O)OCc4ccccc4)CC3)ncnc21. The van der Waals surface area contributed by atoms with Crippen LogP contribution in [0.1, 0.15) is 5.56 Å². The number of carbonyl (C=O) groups excluding carboxylic acids is 1. The number of anilines is 1. The molecule has 0 N–H and O–H groups in total. The van der Waals surface area contributed by atoms with E-state index < -0.39 is 0 Å². The Hall–Kier alpha value is -3.23. The Kier molecular flexibility index (Phi) is 4.34. The second kappa shape index (κ2) is 6.95. The monoisotopic (exact) mass is 353 g/mol. The van der Waals surface area contributed by atoms with Gasteiger partial charge in [-0.25, -0.2) is 19.4 Å². The minimum atomic E-state index is -0.291. The quantitative estimate of drug-likeness (QED) is 0.699. The first-order chi connectivity index (χ1) is 12.7. The summed E-state index contributed by atoms with van der Waals surface area (Å²) in [5.74, 6) is 0.750. The molecule has 1 saturated heterocycles. The summed E-state index contributed by atoms with van der Waals surface area (Å²) in [6.07, 6.45) is 1.22. The molecule has 3 heterocycles. The smallest absolute Gasteiger partial charge is 0.410 e. The third-order valence-corrected chi connectivity index (χ3v) is 4.41. The molecule has 0 saturated carbocycles. The number of benzene rings is 1. The molecule has 0 unspecified atom stereocenters. The Morgan fingerprint density at radius 1 is 1.12 bits per heavy atom.